The lowest BCUT2D eigenvalue weighted by atomic mass is 10.0. The molecule has 6 nitrogen and oxygen atoms in total. The number of alkyl carbamates (subject to hydrolysis) is 1. The molecule has 94 valence electrons. The highest BCUT2D eigenvalue weighted by Crippen LogP contribution is 2.17. The highest BCUT2D eigenvalue weighted by Gasteiger charge is 2.32. The van der Waals surface area contributed by atoms with Crippen LogP contribution < -0.4 is 5.32 Å². The summed E-state index contributed by atoms with van der Waals surface area (Å²) in [5.74, 6) is 0. The Morgan fingerprint density at radius 1 is 1.47 bits per heavy atom. The van der Waals surface area contributed by atoms with Crippen LogP contribution in [0.2, 0.25) is 0 Å². The number of aromatic nitrogens is 1. The van der Waals surface area contributed by atoms with E-state index in [1.807, 2.05) is 0 Å². The SMILES string of the molecule is CC(C)(C)OC(=O)NC(C)(C=O)c1ccon1. The van der Waals surface area contributed by atoms with E-state index in [4.69, 9.17) is 4.74 Å². The Morgan fingerprint density at radius 2 is 2.12 bits per heavy atom. The first kappa shape index (κ1) is 13.2. The number of hydrogen-bond acceptors (Lipinski definition) is 5. The van der Waals surface area contributed by atoms with Gasteiger partial charge in [0, 0.05) is 6.07 Å². The average molecular weight is 240 g/mol. The summed E-state index contributed by atoms with van der Waals surface area (Å²) in [5.41, 5.74) is -1.56. The van der Waals surface area contributed by atoms with Crippen molar-refractivity contribution >= 4 is 12.4 Å². The van der Waals surface area contributed by atoms with Crippen LogP contribution in [-0.4, -0.2) is 23.1 Å². The minimum Gasteiger partial charge on any atom is -0.444 e. The third-order valence-electron chi connectivity index (χ3n) is 1.97. The van der Waals surface area contributed by atoms with Crippen molar-refractivity contribution in [2.45, 2.75) is 38.8 Å². The molecule has 6 heteroatoms. The van der Waals surface area contributed by atoms with E-state index in [-0.39, 0.29) is 0 Å². The first-order valence-electron chi connectivity index (χ1n) is 5.15. The van der Waals surface area contributed by atoms with E-state index in [2.05, 4.69) is 15.0 Å². The van der Waals surface area contributed by atoms with Crippen LogP contribution in [-0.2, 0) is 15.1 Å². The largest absolute Gasteiger partial charge is 0.444 e. The molecule has 1 aromatic heterocycles. The fraction of sp³-hybridized carbons (Fsp3) is 0.545. The standard InChI is InChI=1S/C11H16N2O4/c1-10(2,3)17-9(15)12-11(4,7-14)8-5-6-16-13-8/h5-7H,1-4H3,(H,12,15). The second-order valence-corrected chi connectivity index (χ2v) is 4.83. The molecule has 0 radical (unpaired) electrons. The van der Waals surface area contributed by atoms with Crippen molar-refractivity contribution in [3.8, 4) is 0 Å². The van der Waals surface area contributed by atoms with Crippen molar-refractivity contribution in [2.24, 2.45) is 0 Å². The first-order chi connectivity index (χ1) is 7.77. The molecule has 0 bridgehead atoms. The molecule has 1 atom stereocenters. The Labute approximate surface area is 99.3 Å². The molecule has 0 aliphatic carbocycles. The van der Waals surface area contributed by atoms with Crippen molar-refractivity contribution in [3.63, 3.8) is 0 Å². The maximum atomic E-state index is 11.6. The van der Waals surface area contributed by atoms with Crippen LogP contribution >= 0.6 is 0 Å². The van der Waals surface area contributed by atoms with E-state index in [0.717, 1.165) is 0 Å². The van der Waals surface area contributed by atoms with Gasteiger partial charge in [0.05, 0.1) is 0 Å². The van der Waals surface area contributed by atoms with Crippen LogP contribution in [0.15, 0.2) is 16.9 Å². The van der Waals surface area contributed by atoms with Crippen LogP contribution in [0.5, 0.6) is 0 Å². The Kier molecular flexibility index (Phi) is 3.55. The molecule has 1 unspecified atom stereocenters. The van der Waals surface area contributed by atoms with Crippen molar-refractivity contribution in [2.75, 3.05) is 0 Å². The highest BCUT2D eigenvalue weighted by molar-refractivity contribution is 5.77. The molecule has 1 rings (SSSR count). The molecule has 0 fully saturated rings. The van der Waals surface area contributed by atoms with Gasteiger partial charge in [-0.1, -0.05) is 5.16 Å². The van der Waals surface area contributed by atoms with E-state index >= 15 is 0 Å². The van der Waals surface area contributed by atoms with E-state index in [9.17, 15) is 9.59 Å². The highest BCUT2D eigenvalue weighted by atomic mass is 16.6. The Morgan fingerprint density at radius 3 is 2.53 bits per heavy atom. The van der Waals surface area contributed by atoms with E-state index in [1.165, 1.54) is 19.3 Å². The summed E-state index contributed by atoms with van der Waals surface area (Å²) in [6, 6.07) is 1.51. The smallest absolute Gasteiger partial charge is 0.408 e. The van der Waals surface area contributed by atoms with Crippen LogP contribution in [0.25, 0.3) is 0 Å². The van der Waals surface area contributed by atoms with Gasteiger partial charge in [0.15, 0.2) is 6.29 Å². The zero-order valence-corrected chi connectivity index (χ0v) is 10.3. The topological polar surface area (TPSA) is 81.4 Å². The number of ether oxygens (including phenoxy) is 1. The molecule has 0 spiro atoms. The van der Waals surface area contributed by atoms with Crippen molar-refractivity contribution in [1.29, 1.82) is 0 Å². The monoisotopic (exact) mass is 240 g/mol. The molecule has 17 heavy (non-hydrogen) atoms. The molecule has 0 saturated heterocycles. The van der Waals surface area contributed by atoms with E-state index in [0.29, 0.717) is 12.0 Å². The number of nitrogens with zero attached hydrogens (tertiary/aromatic N) is 1. The minimum absolute atomic E-state index is 0.318. The summed E-state index contributed by atoms with van der Waals surface area (Å²) in [6.45, 7) is 6.73. The molecule has 1 heterocycles. The normalized spacial score (nSPS) is 14.8. The molecular formula is C11H16N2O4. The fourth-order valence-electron chi connectivity index (χ4n) is 1.15. The zero-order valence-electron chi connectivity index (χ0n) is 10.3. The van der Waals surface area contributed by atoms with Crippen molar-refractivity contribution < 1.29 is 18.8 Å². The minimum atomic E-state index is -1.25. The van der Waals surface area contributed by atoms with Gasteiger partial charge in [0.1, 0.15) is 23.1 Å². The second kappa shape index (κ2) is 4.57. The number of hydrogen-bond donors (Lipinski definition) is 1. The number of nitrogens with one attached hydrogen (secondary N) is 1. The number of aldehydes is 1. The Bertz CT molecular complexity index is 394. The molecule has 1 N–H and O–H groups in total. The summed E-state index contributed by atoms with van der Waals surface area (Å²) in [4.78, 5) is 22.7. The first-order valence-corrected chi connectivity index (χ1v) is 5.15. The summed E-state index contributed by atoms with van der Waals surface area (Å²) in [7, 11) is 0. The van der Waals surface area contributed by atoms with Gasteiger partial charge in [-0.05, 0) is 27.7 Å². The third kappa shape index (κ3) is 3.58. The number of amides is 1. The van der Waals surface area contributed by atoms with Crippen molar-refractivity contribution in [1.82, 2.24) is 10.5 Å². The summed E-state index contributed by atoms with van der Waals surface area (Å²) >= 11 is 0. The van der Waals surface area contributed by atoms with Gasteiger partial charge in [-0.25, -0.2) is 4.79 Å². The molecule has 1 aromatic rings. The lowest BCUT2D eigenvalue weighted by Crippen LogP contribution is -2.47. The average Bonchev–Trinajstić information content (AvgIpc) is 2.67. The summed E-state index contributed by atoms with van der Waals surface area (Å²) in [6.07, 6.45) is 1.22. The maximum Gasteiger partial charge on any atom is 0.408 e. The predicted molar refractivity (Wildman–Crippen MR) is 59.3 cm³/mol. The van der Waals surface area contributed by atoms with Crippen molar-refractivity contribution in [3.05, 3.63) is 18.0 Å². The lowest BCUT2D eigenvalue weighted by Gasteiger charge is -2.25. The van der Waals surface area contributed by atoms with E-state index < -0.39 is 17.2 Å². The molecule has 0 saturated carbocycles. The van der Waals surface area contributed by atoms with Crippen LogP contribution in [0.3, 0.4) is 0 Å². The lowest BCUT2D eigenvalue weighted by molar-refractivity contribution is -0.113. The molecule has 1 amide bonds. The van der Waals surface area contributed by atoms with Crippen LogP contribution in [0.4, 0.5) is 4.79 Å². The second-order valence-electron chi connectivity index (χ2n) is 4.83. The molecule has 0 aliphatic heterocycles. The van der Waals surface area contributed by atoms with Gasteiger partial charge in [0.25, 0.3) is 0 Å². The van der Waals surface area contributed by atoms with Gasteiger partial charge in [-0.2, -0.15) is 0 Å². The van der Waals surface area contributed by atoms with Gasteiger partial charge in [-0.3, -0.25) is 0 Å². The number of carbonyl (C=O) groups is 2. The fourth-order valence-corrected chi connectivity index (χ4v) is 1.15. The van der Waals surface area contributed by atoms with Gasteiger partial charge >= 0.3 is 6.09 Å². The van der Waals surface area contributed by atoms with Crippen LogP contribution in [0.1, 0.15) is 33.4 Å². The van der Waals surface area contributed by atoms with E-state index in [1.54, 1.807) is 20.8 Å². The quantitative estimate of drug-likeness (QED) is 0.812. The van der Waals surface area contributed by atoms with Gasteiger partial charge in [0.2, 0.25) is 0 Å². The number of carbonyl (C=O) groups excluding carboxylic acids is 2. The molecule has 0 aliphatic rings. The van der Waals surface area contributed by atoms with Crippen LogP contribution in [0, 0.1) is 0 Å². The Balaban J connectivity index is 2.77. The molecule has 0 aromatic carbocycles. The summed E-state index contributed by atoms with van der Waals surface area (Å²) in [5, 5.41) is 6.08. The third-order valence-corrected chi connectivity index (χ3v) is 1.97. The summed E-state index contributed by atoms with van der Waals surface area (Å²) < 4.78 is 9.71. The Hall–Kier alpha value is -1.85. The molecular weight excluding hydrogens is 224 g/mol. The predicted octanol–water partition coefficient (Wildman–Crippen LogP) is 1.61. The van der Waals surface area contributed by atoms with Gasteiger partial charge < -0.3 is 19.4 Å². The maximum absolute atomic E-state index is 11.6. The number of rotatable bonds is 3. The van der Waals surface area contributed by atoms with Gasteiger partial charge in [-0.15, -0.1) is 0 Å². The zero-order chi connectivity index (χ0) is 13.1.